The SMILES string of the molecule is NC(=O)c1ccc(NC(=S)NC(=O)c2ccccc2OCCOc2ccccc2)cc1. The molecule has 4 N–H and O–H groups in total. The maximum atomic E-state index is 12.7. The molecule has 3 rings (SSSR count). The maximum Gasteiger partial charge on any atom is 0.261 e. The van der Waals surface area contributed by atoms with Crippen molar-refractivity contribution >= 4 is 34.8 Å². The molecule has 0 atom stereocenters. The van der Waals surface area contributed by atoms with E-state index in [9.17, 15) is 9.59 Å². The molecule has 0 heterocycles. The number of carbonyl (C=O) groups excluding carboxylic acids is 2. The molecular formula is C23H21N3O4S. The molecule has 0 aliphatic carbocycles. The fraction of sp³-hybridized carbons (Fsp3) is 0.0870. The summed E-state index contributed by atoms with van der Waals surface area (Å²) in [5.41, 5.74) is 6.55. The lowest BCUT2D eigenvalue weighted by atomic mass is 10.2. The van der Waals surface area contributed by atoms with Crippen LogP contribution in [-0.2, 0) is 0 Å². The van der Waals surface area contributed by atoms with Crippen LogP contribution in [0.15, 0.2) is 78.9 Å². The molecule has 0 spiro atoms. The molecule has 0 saturated carbocycles. The summed E-state index contributed by atoms with van der Waals surface area (Å²) < 4.78 is 11.3. The van der Waals surface area contributed by atoms with Gasteiger partial charge in [0.25, 0.3) is 5.91 Å². The Labute approximate surface area is 185 Å². The number of hydrogen-bond donors (Lipinski definition) is 3. The fourth-order valence-corrected chi connectivity index (χ4v) is 2.87. The summed E-state index contributed by atoms with van der Waals surface area (Å²) in [5.74, 6) is 0.238. The van der Waals surface area contributed by atoms with Crippen LogP contribution in [0.5, 0.6) is 11.5 Å². The quantitative estimate of drug-likeness (QED) is 0.370. The van der Waals surface area contributed by atoms with Crippen LogP contribution in [-0.4, -0.2) is 30.1 Å². The molecule has 0 aliphatic rings. The minimum Gasteiger partial charge on any atom is -0.490 e. The Morgan fingerprint density at radius 1 is 0.839 bits per heavy atom. The first-order chi connectivity index (χ1) is 15.0. The number of amides is 2. The highest BCUT2D eigenvalue weighted by Crippen LogP contribution is 2.18. The molecule has 8 heteroatoms. The zero-order valence-corrected chi connectivity index (χ0v) is 17.4. The van der Waals surface area contributed by atoms with Crippen molar-refractivity contribution in [1.82, 2.24) is 5.32 Å². The van der Waals surface area contributed by atoms with E-state index in [1.165, 1.54) is 0 Å². The monoisotopic (exact) mass is 435 g/mol. The molecule has 0 unspecified atom stereocenters. The van der Waals surface area contributed by atoms with Gasteiger partial charge in [-0.05, 0) is 60.7 Å². The lowest BCUT2D eigenvalue weighted by molar-refractivity contribution is 0.0970. The van der Waals surface area contributed by atoms with Crippen molar-refractivity contribution in [2.75, 3.05) is 18.5 Å². The smallest absolute Gasteiger partial charge is 0.261 e. The van der Waals surface area contributed by atoms with E-state index < -0.39 is 11.8 Å². The number of carbonyl (C=O) groups is 2. The van der Waals surface area contributed by atoms with Gasteiger partial charge in [-0.3, -0.25) is 14.9 Å². The minimum absolute atomic E-state index is 0.110. The second kappa shape index (κ2) is 10.7. The zero-order valence-electron chi connectivity index (χ0n) is 16.5. The zero-order chi connectivity index (χ0) is 22.1. The van der Waals surface area contributed by atoms with Gasteiger partial charge in [-0.25, -0.2) is 0 Å². The van der Waals surface area contributed by atoms with Crippen molar-refractivity contribution in [3.05, 3.63) is 90.0 Å². The van der Waals surface area contributed by atoms with E-state index >= 15 is 0 Å². The minimum atomic E-state index is -0.520. The Bertz CT molecular complexity index is 1060. The molecule has 0 aromatic heterocycles. The average Bonchev–Trinajstić information content (AvgIpc) is 2.78. The first-order valence-corrected chi connectivity index (χ1v) is 9.85. The van der Waals surface area contributed by atoms with Gasteiger partial charge in [0.15, 0.2) is 5.11 Å². The van der Waals surface area contributed by atoms with Gasteiger partial charge in [0, 0.05) is 11.3 Å². The van der Waals surface area contributed by atoms with Gasteiger partial charge in [-0.2, -0.15) is 0 Å². The van der Waals surface area contributed by atoms with Crippen LogP contribution in [0.4, 0.5) is 5.69 Å². The van der Waals surface area contributed by atoms with Crippen molar-refractivity contribution in [1.29, 1.82) is 0 Å². The predicted octanol–water partition coefficient (Wildman–Crippen LogP) is 3.37. The molecule has 0 radical (unpaired) electrons. The third-order valence-electron chi connectivity index (χ3n) is 4.14. The van der Waals surface area contributed by atoms with Gasteiger partial charge >= 0.3 is 0 Å². The van der Waals surface area contributed by atoms with Crippen LogP contribution >= 0.6 is 12.2 Å². The fourth-order valence-electron chi connectivity index (χ4n) is 2.66. The van der Waals surface area contributed by atoms with E-state index in [4.69, 9.17) is 27.4 Å². The number of benzene rings is 3. The van der Waals surface area contributed by atoms with Crippen LogP contribution in [0, 0.1) is 0 Å². The molecule has 3 aromatic carbocycles. The Morgan fingerprint density at radius 3 is 2.19 bits per heavy atom. The standard InChI is InChI=1S/C23H21N3O4S/c24-21(27)16-10-12-17(13-11-16)25-23(31)26-22(28)19-8-4-5-9-20(19)30-15-14-29-18-6-2-1-3-7-18/h1-13H,14-15H2,(H2,24,27)(H2,25,26,28,31). The van der Waals surface area contributed by atoms with E-state index in [0.29, 0.717) is 29.2 Å². The summed E-state index contributed by atoms with van der Waals surface area (Å²) in [6.45, 7) is 0.606. The molecule has 0 bridgehead atoms. The van der Waals surface area contributed by atoms with Crippen molar-refractivity contribution in [3.63, 3.8) is 0 Å². The third kappa shape index (κ3) is 6.55. The van der Waals surface area contributed by atoms with Gasteiger partial charge in [0.05, 0.1) is 5.56 Å². The summed E-state index contributed by atoms with van der Waals surface area (Å²) in [5, 5.41) is 5.61. The molecule has 0 fully saturated rings. The molecule has 7 nitrogen and oxygen atoms in total. The topological polar surface area (TPSA) is 103 Å². The summed E-state index contributed by atoms with van der Waals surface area (Å²) in [6.07, 6.45) is 0. The van der Waals surface area contributed by atoms with Crippen molar-refractivity contribution in [3.8, 4) is 11.5 Å². The van der Waals surface area contributed by atoms with Crippen molar-refractivity contribution in [2.45, 2.75) is 0 Å². The number of para-hydroxylation sites is 2. The highest BCUT2D eigenvalue weighted by molar-refractivity contribution is 7.80. The van der Waals surface area contributed by atoms with Crippen LogP contribution in [0.25, 0.3) is 0 Å². The molecule has 3 aromatic rings. The average molecular weight is 436 g/mol. The molecule has 0 aliphatic heterocycles. The lowest BCUT2D eigenvalue weighted by Gasteiger charge is -2.13. The van der Waals surface area contributed by atoms with E-state index in [-0.39, 0.29) is 11.7 Å². The molecule has 0 saturated heterocycles. The Morgan fingerprint density at radius 2 is 1.48 bits per heavy atom. The lowest BCUT2D eigenvalue weighted by Crippen LogP contribution is -2.34. The Balaban J connectivity index is 1.53. The van der Waals surface area contributed by atoms with Crippen molar-refractivity contribution < 1.29 is 19.1 Å². The highest BCUT2D eigenvalue weighted by Gasteiger charge is 2.14. The Kier molecular flexibility index (Phi) is 7.56. The largest absolute Gasteiger partial charge is 0.490 e. The second-order valence-corrected chi connectivity index (χ2v) is 6.76. The van der Waals surface area contributed by atoms with Gasteiger partial charge in [-0.15, -0.1) is 0 Å². The number of rotatable bonds is 8. The summed E-state index contributed by atoms with van der Waals surface area (Å²) in [6, 6.07) is 22.7. The van der Waals surface area contributed by atoms with Crippen LogP contribution in [0.3, 0.4) is 0 Å². The van der Waals surface area contributed by atoms with Gasteiger partial charge < -0.3 is 20.5 Å². The maximum absolute atomic E-state index is 12.7. The van der Waals surface area contributed by atoms with Gasteiger partial charge in [0.1, 0.15) is 24.7 Å². The predicted molar refractivity (Wildman–Crippen MR) is 123 cm³/mol. The Hall–Kier alpha value is -3.91. The second-order valence-electron chi connectivity index (χ2n) is 6.36. The number of thiocarbonyl (C=S) groups is 1. The van der Waals surface area contributed by atoms with E-state index in [1.54, 1.807) is 48.5 Å². The number of anilines is 1. The van der Waals surface area contributed by atoms with Crippen molar-refractivity contribution in [2.24, 2.45) is 5.73 Å². The first kappa shape index (κ1) is 21.8. The van der Waals surface area contributed by atoms with Crippen LogP contribution < -0.4 is 25.8 Å². The summed E-state index contributed by atoms with van der Waals surface area (Å²) >= 11 is 5.20. The number of primary amides is 1. The first-order valence-electron chi connectivity index (χ1n) is 9.45. The number of nitrogens with two attached hydrogens (primary N) is 1. The van der Waals surface area contributed by atoms with Crippen LogP contribution in [0.2, 0.25) is 0 Å². The van der Waals surface area contributed by atoms with E-state index in [1.807, 2.05) is 30.3 Å². The van der Waals surface area contributed by atoms with E-state index in [0.717, 1.165) is 5.75 Å². The highest BCUT2D eigenvalue weighted by atomic mass is 32.1. The van der Waals surface area contributed by atoms with E-state index in [2.05, 4.69) is 10.6 Å². The van der Waals surface area contributed by atoms with Gasteiger partial charge in [-0.1, -0.05) is 30.3 Å². The summed E-state index contributed by atoms with van der Waals surface area (Å²) in [4.78, 5) is 23.8. The normalized spacial score (nSPS) is 10.1. The molecule has 2 amide bonds. The number of ether oxygens (including phenoxy) is 2. The van der Waals surface area contributed by atoms with Crippen LogP contribution in [0.1, 0.15) is 20.7 Å². The molecular weight excluding hydrogens is 414 g/mol. The molecule has 158 valence electrons. The van der Waals surface area contributed by atoms with Gasteiger partial charge in [0.2, 0.25) is 5.91 Å². The number of nitrogens with one attached hydrogen (secondary N) is 2. The summed E-state index contributed by atoms with van der Waals surface area (Å²) in [7, 11) is 0. The number of hydrogen-bond acceptors (Lipinski definition) is 5. The third-order valence-corrected chi connectivity index (χ3v) is 4.34. The molecule has 31 heavy (non-hydrogen) atoms.